The molecule has 3 rings (SSSR count). The molecule has 144 valence electrons. The molecule has 0 aliphatic rings. The Balaban J connectivity index is 2.07. The number of carbonyl (C=O) groups excluding carboxylic acids is 2. The second-order valence-electron chi connectivity index (χ2n) is 6.09. The maximum atomic E-state index is 12.7. The van der Waals surface area contributed by atoms with Gasteiger partial charge in [-0.15, -0.1) is 0 Å². The number of fused-ring (bicyclic) bond motifs is 1. The summed E-state index contributed by atoms with van der Waals surface area (Å²) >= 11 is 3.32. The molecule has 0 saturated heterocycles. The molecule has 0 amide bonds. The average Bonchev–Trinajstić information content (AvgIpc) is 2.70. The lowest BCUT2D eigenvalue weighted by Gasteiger charge is -2.16. The second-order valence-corrected chi connectivity index (χ2v) is 7.01. The van der Waals surface area contributed by atoms with Crippen molar-refractivity contribution in [1.29, 1.82) is 0 Å². The summed E-state index contributed by atoms with van der Waals surface area (Å²) in [6.07, 6.45) is -0.140. The molecule has 0 fully saturated rings. The third-order valence-corrected chi connectivity index (χ3v) is 4.93. The molecule has 3 aromatic rings. The number of rotatable bonds is 6. The summed E-state index contributed by atoms with van der Waals surface area (Å²) in [5.41, 5.74) is 0.491. The fourth-order valence-corrected chi connectivity index (χ4v) is 3.25. The highest BCUT2D eigenvalue weighted by Gasteiger charge is 2.28. The molecule has 28 heavy (non-hydrogen) atoms. The van der Waals surface area contributed by atoms with Crippen LogP contribution in [0, 0.1) is 0 Å². The van der Waals surface area contributed by atoms with E-state index in [1.807, 2.05) is 0 Å². The Morgan fingerprint density at radius 2 is 1.79 bits per heavy atom. The summed E-state index contributed by atoms with van der Waals surface area (Å²) < 4.78 is 16.1. The first-order valence-electron chi connectivity index (χ1n) is 8.41. The minimum absolute atomic E-state index is 0.140. The molecule has 7 heteroatoms. The number of halogens is 1. The molecule has 1 atom stereocenters. The summed E-state index contributed by atoms with van der Waals surface area (Å²) in [7, 11) is 2.74. The maximum Gasteiger partial charge on any atom is 0.336 e. The number of hydrogen-bond donors (Lipinski definition) is 0. The predicted molar refractivity (Wildman–Crippen MR) is 107 cm³/mol. The van der Waals surface area contributed by atoms with Gasteiger partial charge in [0, 0.05) is 34.0 Å². The molecule has 1 heterocycles. The summed E-state index contributed by atoms with van der Waals surface area (Å²) in [4.78, 5) is 37.3. The third kappa shape index (κ3) is 4.14. The number of Topliss-reactive ketones (excluding diaryl/α,β-unsaturated/α-hetero) is 1. The van der Waals surface area contributed by atoms with Gasteiger partial charge in [0.2, 0.25) is 0 Å². The van der Waals surface area contributed by atoms with Gasteiger partial charge >= 0.3 is 11.6 Å². The van der Waals surface area contributed by atoms with Gasteiger partial charge in [-0.3, -0.25) is 9.59 Å². The second kappa shape index (κ2) is 8.39. The highest BCUT2D eigenvalue weighted by molar-refractivity contribution is 9.10. The van der Waals surface area contributed by atoms with Gasteiger partial charge in [-0.2, -0.15) is 0 Å². The van der Waals surface area contributed by atoms with E-state index in [0.717, 1.165) is 4.47 Å². The van der Waals surface area contributed by atoms with Crippen LogP contribution in [0.4, 0.5) is 0 Å². The molecule has 2 aromatic carbocycles. The Kier molecular flexibility index (Phi) is 5.94. The molecule has 0 aliphatic heterocycles. The van der Waals surface area contributed by atoms with Gasteiger partial charge in [0.15, 0.2) is 5.78 Å². The zero-order valence-electron chi connectivity index (χ0n) is 15.2. The van der Waals surface area contributed by atoms with E-state index in [9.17, 15) is 14.4 Å². The Hall–Kier alpha value is -2.93. The SMILES string of the molecule is COC(=O)C(CC(=O)c1ccc(Br)cc1)c1cc(=O)oc2cc(OC)ccc12. The van der Waals surface area contributed by atoms with Gasteiger partial charge in [0.1, 0.15) is 11.3 Å². The van der Waals surface area contributed by atoms with Crippen LogP contribution < -0.4 is 10.4 Å². The van der Waals surface area contributed by atoms with Crippen molar-refractivity contribution in [2.75, 3.05) is 14.2 Å². The van der Waals surface area contributed by atoms with Crippen LogP contribution in [0.1, 0.15) is 28.3 Å². The number of esters is 1. The first-order chi connectivity index (χ1) is 13.4. The zero-order chi connectivity index (χ0) is 20.3. The Labute approximate surface area is 169 Å². The van der Waals surface area contributed by atoms with Crippen LogP contribution in [0.25, 0.3) is 11.0 Å². The fraction of sp³-hybridized carbons (Fsp3) is 0.190. The van der Waals surface area contributed by atoms with Crippen LogP contribution in [-0.2, 0) is 9.53 Å². The lowest BCUT2D eigenvalue weighted by Crippen LogP contribution is -2.20. The zero-order valence-corrected chi connectivity index (χ0v) is 16.8. The first kappa shape index (κ1) is 19.8. The van der Waals surface area contributed by atoms with Crippen LogP contribution in [0.3, 0.4) is 0 Å². The van der Waals surface area contributed by atoms with Crippen molar-refractivity contribution in [3.05, 3.63) is 74.6 Å². The molecule has 1 aromatic heterocycles. The normalized spacial score (nSPS) is 11.8. The number of ether oxygens (including phenoxy) is 2. The van der Waals surface area contributed by atoms with Crippen LogP contribution in [0.5, 0.6) is 5.75 Å². The topological polar surface area (TPSA) is 82.8 Å². The van der Waals surface area contributed by atoms with E-state index in [4.69, 9.17) is 13.9 Å². The lowest BCUT2D eigenvalue weighted by atomic mass is 9.89. The third-order valence-electron chi connectivity index (χ3n) is 4.40. The van der Waals surface area contributed by atoms with Gasteiger partial charge < -0.3 is 13.9 Å². The van der Waals surface area contributed by atoms with Crippen molar-refractivity contribution >= 4 is 38.7 Å². The molecular weight excluding hydrogens is 428 g/mol. The predicted octanol–water partition coefficient (Wildman–Crippen LogP) is 4.09. The number of hydrogen-bond acceptors (Lipinski definition) is 6. The Morgan fingerprint density at radius 1 is 1.07 bits per heavy atom. The van der Waals surface area contributed by atoms with Crippen molar-refractivity contribution in [2.45, 2.75) is 12.3 Å². The van der Waals surface area contributed by atoms with E-state index in [-0.39, 0.29) is 17.8 Å². The molecule has 0 bridgehead atoms. The number of methoxy groups -OCH3 is 2. The molecular formula is C21H17BrO6. The summed E-state index contributed by atoms with van der Waals surface area (Å²) in [5, 5.41) is 0.541. The van der Waals surface area contributed by atoms with E-state index in [1.165, 1.54) is 20.3 Å². The van der Waals surface area contributed by atoms with Crippen LogP contribution >= 0.6 is 15.9 Å². The van der Waals surface area contributed by atoms with E-state index in [1.54, 1.807) is 42.5 Å². The van der Waals surface area contributed by atoms with Crippen molar-refractivity contribution < 1.29 is 23.5 Å². The van der Waals surface area contributed by atoms with Gasteiger partial charge in [0.05, 0.1) is 20.1 Å². The number of benzene rings is 2. The minimum Gasteiger partial charge on any atom is -0.497 e. The fourth-order valence-electron chi connectivity index (χ4n) is 2.98. The summed E-state index contributed by atoms with van der Waals surface area (Å²) in [6, 6.07) is 13.0. The van der Waals surface area contributed by atoms with Crippen LogP contribution in [0.2, 0.25) is 0 Å². The molecule has 0 aliphatic carbocycles. The average molecular weight is 445 g/mol. The van der Waals surface area contributed by atoms with Gasteiger partial charge in [-0.25, -0.2) is 4.79 Å². The molecule has 0 saturated carbocycles. The number of ketones is 1. The van der Waals surface area contributed by atoms with Gasteiger partial charge in [-0.1, -0.05) is 28.1 Å². The van der Waals surface area contributed by atoms with Crippen molar-refractivity contribution in [3.8, 4) is 5.75 Å². The highest BCUT2D eigenvalue weighted by atomic mass is 79.9. The van der Waals surface area contributed by atoms with E-state index in [2.05, 4.69) is 15.9 Å². The smallest absolute Gasteiger partial charge is 0.336 e. The van der Waals surface area contributed by atoms with E-state index >= 15 is 0 Å². The minimum atomic E-state index is -0.943. The molecule has 0 N–H and O–H groups in total. The van der Waals surface area contributed by atoms with Crippen LogP contribution in [0.15, 0.2) is 62.2 Å². The summed E-state index contributed by atoms with van der Waals surface area (Å²) in [5.74, 6) is -1.28. The molecule has 1 unspecified atom stereocenters. The maximum absolute atomic E-state index is 12.7. The number of carbonyl (C=O) groups is 2. The van der Waals surface area contributed by atoms with E-state index < -0.39 is 17.5 Å². The molecule has 6 nitrogen and oxygen atoms in total. The summed E-state index contributed by atoms with van der Waals surface area (Å²) in [6.45, 7) is 0. The highest BCUT2D eigenvalue weighted by Crippen LogP contribution is 2.31. The molecule has 0 spiro atoms. The Bertz CT molecular complexity index is 1080. The largest absolute Gasteiger partial charge is 0.497 e. The standard InChI is InChI=1S/C21H17BrO6/c1-26-14-7-8-15-16(11-20(24)28-19(15)9-14)17(21(25)27-2)10-18(23)12-3-5-13(22)6-4-12/h3-9,11,17H,10H2,1-2H3. The van der Waals surface area contributed by atoms with Crippen LogP contribution in [-0.4, -0.2) is 26.0 Å². The van der Waals surface area contributed by atoms with Crippen molar-refractivity contribution in [1.82, 2.24) is 0 Å². The quantitative estimate of drug-likeness (QED) is 0.323. The van der Waals surface area contributed by atoms with Crippen molar-refractivity contribution in [3.63, 3.8) is 0 Å². The lowest BCUT2D eigenvalue weighted by molar-refractivity contribution is -0.142. The molecule has 0 radical (unpaired) electrons. The van der Waals surface area contributed by atoms with Crippen molar-refractivity contribution in [2.24, 2.45) is 0 Å². The van der Waals surface area contributed by atoms with E-state index in [0.29, 0.717) is 22.3 Å². The van der Waals surface area contributed by atoms with Gasteiger partial charge in [-0.05, 0) is 29.8 Å². The Morgan fingerprint density at radius 3 is 2.43 bits per heavy atom. The first-order valence-corrected chi connectivity index (χ1v) is 9.20. The van der Waals surface area contributed by atoms with Gasteiger partial charge in [0.25, 0.3) is 0 Å². The monoisotopic (exact) mass is 444 g/mol.